The number of aryl methyl sites for hydroxylation is 2. The van der Waals surface area contributed by atoms with E-state index >= 15 is 0 Å². The van der Waals surface area contributed by atoms with Gasteiger partial charge in [-0.25, -0.2) is 19.9 Å². The predicted molar refractivity (Wildman–Crippen MR) is 252 cm³/mol. The minimum atomic E-state index is -4.62. The summed E-state index contributed by atoms with van der Waals surface area (Å²) in [5, 5.41) is 13.1. The normalized spacial score (nSPS) is 18.0. The molecular weight excluding hydrogens is 874 g/mol. The number of carboxylic acid groups (broad SMARTS) is 1. The number of carbonyl (C=O) groups is 1. The predicted octanol–water partition coefficient (Wildman–Crippen LogP) is 10.4. The van der Waals surface area contributed by atoms with Crippen molar-refractivity contribution in [2.45, 2.75) is 77.6 Å². The molecule has 0 radical (unpaired) electrons. The summed E-state index contributed by atoms with van der Waals surface area (Å²) in [6, 6.07) is 36.5. The topological polar surface area (TPSA) is 149 Å². The molecule has 2 aliphatic rings. The van der Waals surface area contributed by atoms with E-state index < -0.39 is 23.8 Å². The molecule has 0 spiro atoms. The van der Waals surface area contributed by atoms with Crippen molar-refractivity contribution < 1.29 is 41.4 Å². The van der Waals surface area contributed by atoms with E-state index in [9.17, 15) is 23.1 Å². The summed E-state index contributed by atoms with van der Waals surface area (Å²) < 4.78 is 63.0. The molecule has 7 aromatic rings. The van der Waals surface area contributed by atoms with Crippen LogP contribution in [0.3, 0.4) is 0 Å². The fraction of sp³-hybridized carbons (Fsp3) is 0.340. The maximum Gasteiger partial charge on any atom is 0.433 e. The molecule has 0 bridgehead atoms. The van der Waals surface area contributed by atoms with E-state index in [1.54, 1.807) is 4.90 Å². The molecule has 2 saturated heterocycles. The van der Waals surface area contributed by atoms with E-state index in [-0.39, 0.29) is 25.0 Å². The van der Waals surface area contributed by atoms with Crippen molar-refractivity contribution in [3.05, 3.63) is 161 Å². The quantitative estimate of drug-likeness (QED) is 0.0950. The number of rotatable bonds is 16. The third-order valence-electron chi connectivity index (χ3n) is 12.2. The van der Waals surface area contributed by atoms with Crippen LogP contribution in [0.4, 0.5) is 19.1 Å². The second-order valence-corrected chi connectivity index (χ2v) is 17.4. The molecule has 4 atom stereocenters. The van der Waals surface area contributed by atoms with Crippen molar-refractivity contribution >= 4 is 11.9 Å². The van der Waals surface area contributed by atoms with E-state index in [4.69, 9.17) is 18.3 Å². The number of ether oxygens (including phenoxy) is 2. The summed E-state index contributed by atoms with van der Waals surface area (Å²) in [5.41, 5.74) is 4.87. The van der Waals surface area contributed by atoms with Crippen LogP contribution in [0.2, 0.25) is 0 Å². The molecule has 354 valence electrons. The van der Waals surface area contributed by atoms with Crippen LogP contribution in [0.5, 0.6) is 11.5 Å². The summed E-state index contributed by atoms with van der Waals surface area (Å²) in [6.45, 7) is 8.29. The molecule has 15 heteroatoms. The Bertz CT molecular complexity index is 2710. The second kappa shape index (κ2) is 21.7. The minimum absolute atomic E-state index is 0.0377. The molecule has 3 aromatic heterocycles. The van der Waals surface area contributed by atoms with Crippen LogP contribution in [0, 0.1) is 25.7 Å². The number of hydrogen-bond acceptors (Lipinski definition) is 11. The van der Waals surface area contributed by atoms with E-state index in [1.807, 2.05) is 98.8 Å². The second-order valence-electron chi connectivity index (χ2n) is 17.4. The highest BCUT2D eigenvalue weighted by molar-refractivity contribution is 5.72. The summed E-state index contributed by atoms with van der Waals surface area (Å²) in [4.78, 5) is 30.1. The lowest BCUT2D eigenvalue weighted by Crippen LogP contribution is -2.33. The zero-order valence-corrected chi connectivity index (χ0v) is 38.3. The fourth-order valence-electron chi connectivity index (χ4n) is 8.61. The molecule has 0 unspecified atom stereocenters. The number of carboxylic acids is 1. The van der Waals surface area contributed by atoms with Crippen LogP contribution in [0.15, 0.2) is 130 Å². The number of halogens is 3. The SMILES string of the molecule is Cc1oc(-c2ccccc2)nc1CCOc1ccc(C[C@@H]2C[C@@H](C(=O)O)CN2c2nccc(C(F)(F)F)n2)cc1.Cc1oc(-c2ccccc2)nc1CCOc1ccc(C[C@@H]2C[C@@H](C)CN2)cc1. The summed E-state index contributed by atoms with van der Waals surface area (Å²) in [5.74, 6) is 3.33. The lowest BCUT2D eigenvalue weighted by atomic mass is 10.00. The monoisotopic (exact) mass is 928 g/mol. The van der Waals surface area contributed by atoms with Crippen LogP contribution in [0.1, 0.15) is 59.5 Å². The molecule has 0 amide bonds. The van der Waals surface area contributed by atoms with Gasteiger partial charge in [0.15, 0.2) is 0 Å². The highest BCUT2D eigenvalue weighted by Crippen LogP contribution is 2.33. The smallest absolute Gasteiger partial charge is 0.433 e. The van der Waals surface area contributed by atoms with Gasteiger partial charge in [0.1, 0.15) is 28.7 Å². The first-order valence-electron chi connectivity index (χ1n) is 22.9. The standard InChI is InChI=1S/C29H27F3N4O4.C24H28N2O2/c1-18-24(34-26(40-18)20-5-3-2-4-6-20)12-14-39-23-9-7-19(8-10-23)15-22-16-21(27(37)38)17-36(22)28-33-13-11-25(35-28)29(30,31)32;1-17-14-21(25-16-17)15-19-8-10-22(11-9-19)27-13-12-23-18(2)28-24(26-23)20-6-4-3-5-7-20/h2-11,13,21-22H,12,14-17H2,1H3,(H,37,38);3-11,17,21,25H,12-16H2,1-2H3/t21-,22-;17-,21+/m11/s1. The maximum atomic E-state index is 13.2. The first-order valence-corrected chi connectivity index (χ1v) is 22.9. The van der Waals surface area contributed by atoms with Crippen molar-refractivity contribution in [1.82, 2.24) is 25.3 Å². The first kappa shape index (κ1) is 47.5. The number of benzene rings is 4. The average molecular weight is 929 g/mol. The molecule has 2 N–H and O–H groups in total. The molecule has 4 aromatic carbocycles. The Kier molecular flexibility index (Phi) is 15.2. The van der Waals surface area contributed by atoms with Crippen molar-refractivity contribution in [3.8, 4) is 34.4 Å². The maximum absolute atomic E-state index is 13.2. The highest BCUT2D eigenvalue weighted by Gasteiger charge is 2.39. The lowest BCUT2D eigenvalue weighted by molar-refractivity contribution is -0.142. The number of anilines is 1. The van der Waals surface area contributed by atoms with Crippen molar-refractivity contribution in [2.24, 2.45) is 11.8 Å². The van der Waals surface area contributed by atoms with Gasteiger partial charge in [-0.3, -0.25) is 4.79 Å². The summed E-state index contributed by atoms with van der Waals surface area (Å²) in [7, 11) is 0. The number of oxazole rings is 2. The Morgan fingerprint density at radius 1 is 0.735 bits per heavy atom. The Morgan fingerprint density at radius 2 is 1.26 bits per heavy atom. The third-order valence-corrected chi connectivity index (χ3v) is 12.2. The van der Waals surface area contributed by atoms with Crippen LogP contribution in [-0.2, 0) is 36.7 Å². The van der Waals surface area contributed by atoms with Gasteiger partial charge in [0.05, 0.1) is 30.5 Å². The Balaban J connectivity index is 0.000000196. The number of alkyl halides is 3. The van der Waals surface area contributed by atoms with Gasteiger partial charge in [-0.05, 0) is 118 Å². The molecule has 0 aliphatic carbocycles. The molecule has 5 heterocycles. The van der Waals surface area contributed by atoms with Crippen LogP contribution >= 0.6 is 0 Å². The van der Waals surface area contributed by atoms with E-state index in [2.05, 4.69) is 56.4 Å². The summed E-state index contributed by atoms with van der Waals surface area (Å²) in [6.07, 6.45) is 0.768. The van der Waals surface area contributed by atoms with Gasteiger partial charge in [-0.2, -0.15) is 13.2 Å². The third kappa shape index (κ3) is 12.5. The zero-order chi connectivity index (χ0) is 47.6. The van der Waals surface area contributed by atoms with E-state index in [0.717, 1.165) is 82.9 Å². The van der Waals surface area contributed by atoms with Gasteiger partial charge in [0, 0.05) is 48.8 Å². The van der Waals surface area contributed by atoms with Gasteiger partial charge in [-0.15, -0.1) is 0 Å². The van der Waals surface area contributed by atoms with Crippen molar-refractivity contribution in [3.63, 3.8) is 0 Å². The molecule has 68 heavy (non-hydrogen) atoms. The van der Waals surface area contributed by atoms with E-state index in [0.29, 0.717) is 49.6 Å². The minimum Gasteiger partial charge on any atom is -0.493 e. The number of hydrogen-bond donors (Lipinski definition) is 2. The van der Waals surface area contributed by atoms with Gasteiger partial charge in [0.2, 0.25) is 17.7 Å². The number of aliphatic carboxylic acids is 1. The molecule has 2 fully saturated rings. The number of nitrogens with zero attached hydrogens (tertiary/aromatic N) is 5. The molecule has 2 aliphatic heterocycles. The summed E-state index contributed by atoms with van der Waals surface area (Å²) >= 11 is 0. The molecule has 0 saturated carbocycles. The van der Waals surface area contributed by atoms with Gasteiger partial charge < -0.3 is 33.6 Å². The van der Waals surface area contributed by atoms with Crippen LogP contribution in [0.25, 0.3) is 22.9 Å². The first-order chi connectivity index (χ1) is 32.8. The van der Waals surface area contributed by atoms with Gasteiger partial charge in [0.25, 0.3) is 0 Å². The molecule has 9 rings (SSSR count). The Morgan fingerprint density at radius 3 is 1.75 bits per heavy atom. The zero-order valence-electron chi connectivity index (χ0n) is 38.3. The fourth-order valence-corrected chi connectivity index (χ4v) is 8.61. The average Bonchev–Trinajstić information content (AvgIpc) is 4.15. The van der Waals surface area contributed by atoms with Crippen molar-refractivity contribution in [2.75, 3.05) is 31.2 Å². The number of aromatic nitrogens is 4. The van der Waals surface area contributed by atoms with Gasteiger partial charge in [-0.1, -0.05) is 67.6 Å². The lowest BCUT2D eigenvalue weighted by Gasteiger charge is -2.25. The molecule has 12 nitrogen and oxygen atoms in total. The van der Waals surface area contributed by atoms with Crippen LogP contribution < -0.4 is 19.7 Å². The Labute approximate surface area is 393 Å². The molecular formula is C53H55F3N6O6. The number of nitrogens with one attached hydrogen (secondary N) is 1. The van der Waals surface area contributed by atoms with E-state index in [1.165, 1.54) is 12.0 Å². The van der Waals surface area contributed by atoms with Crippen LogP contribution in [-0.4, -0.2) is 69.4 Å². The van der Waals surface area contributed by atoms with Crippen molar-refractivity contribution in [1.29, 1.82) is 0 Å². The van der Waals surface area contributed by atoms with Gasteiger partial charge >= 0.3 is 12.1 Å². The highest BCUT2D eigenvalue weighted by atomic mass is 19.4. The largest absolute Gasteiger partial charge is 0.493 e. The Hall–Kier alpha value is -7.00.